The number of benzene rings is 1. The molecule has 7 heteroatoms. The second-order valence-corrected chi connectivity index (χ2v) is 5.46. The summed E-state index contributed by atoms with van der Waals surface area (Å²) in [6.45, 7) is 0. The van der Waals surface area contributed by atoms with E-state index < -0.39 is 11.9 Å². The normalized spacial score (nSPS) is 10.4. The van der Waals surface area contributed by atoms with Gasteiger partial charge in [-0.25, -0.2) is 9.59 Å². The van der Waals surface area contributed by atoms with Gasteiger partial charge in [-0.3, -0.25) is 0 Å². The molecule has 0 saturated carbocycles. The van der Waals surface area contributed by atoms with Crippen LogP contribution in [0.3, 0.4) is 0 Å². The van der Waals surface area contributed by atoms with Crippen LogP contribution in [0.5, 0.6) is 0 Å². The summed E-state index contributed by atoms with van der Waals surface area (Å²) in [5.74, 6) is -1.03. The molecule has 0 unspecified atom stereocenters. The first kappa shape index (κ1) is 15.5. The van der Waals surface area contributed by atoms with Crippen molar-refractivity contribution in [2.24, 2.45) is 0 Å². The molecule has 0 fully saturated rings. The van der Waals surface area contributed by atoms with Crippen molar-refractivity contribution in [1.82, 2.24) is 0 Å². The van der Waals surface area contributed by atoms with Crippen molar-refractivity contribution in [2.75, 3.05) is 7.11 Å². The van der Waals surface area contributed by atoms with Crippen molar-refractivity contribution in [1.29, 1.82) is 0 Å². The number of ether oxygens (including phenoxy) is 1. The minimum absolute atomic E-state index is 0.0436. The molecule has 0 aliphatic rings. The zero-order valence-electron chi connectivity index (χ0n) is 11.0. The van der Waals surface area contributed by atoms with Gasteiger partial charge in [-0.15, -0.1) is 11.8 Å². The molecule has 21 heavy (non-hydrogen) atoms. The number of hydrogen-bond donors (Lipinski definition) is 1. The molecule has 110 valence electrons. The van der Waals surface area contributed by atoms with Gasteiger partial charge in [0.1, 0.15) is 0 Å². The number of aromatic carboxylic acids is 1. The lowest BCUT2D eigenvalue weighted by atomic mass is 10.2. The van der Waals surface area contributed by atoms with Crippen LogP contribution in [0.4, 0.5) is 0 Å². The molecule has 1 aromatic carbocycles. The number of furan rings is 1. The number of carbonyl (C=O) groups is 2. The summed E-state index contributed by atoms with van der Waals surface area (Å²) in [5.41, 5.74) is 0.723. The average molecular weight is 327 g/mol. The maximum atomic E-state index is 11.5. The fourth-order valence-corrected chi connectivity index (χ4v) is 2.75. The maximum Gasteiger partial charge on any atom is 0.374 e. The Morgan fingerprint density at radius 3 is 2.81 bits per heavy atom. The Labute approximate surface area is 129 Å². The minimum atomic E-state index is -1.08. The summed E-state index contributed by atoms with van der Waals surface area (Å²) >= 11 is 7.18. The second kappa shape index (κ2) is 6.69. The van der Waals surface area contributed by atoms with Gasteiger partial charge >= 0.3 is 11.9 Å². The first-order valence-electron chi connectivity index (χ1n) is 5.83. The van der Waals surface area contributed by atoms with Gasteiger partial charge in [0.25, 0.3) is 0 Å². The van der Waals surface area contributed by atoms with E-state index in [-0.39, 0.29) is 16.3 Å². The number of thioether (sulfide) groups is 1. The SMILES string of the molecule is COC(=O)c1occc1CSc1ccc(Cl)c(C(=O)O)c1. The first-order valence-corrected chi connectivity index (χ1v) is 7.19. The Morgan fingerprint density at radius 1 is 1.38 bits per heavy atom. The highest BCUT2D eigenvalue weighted by Gasteiger charge is 2.16. The van der Waals surface area contributed by atoms with E-state index >= 15 is 0 Å². The molecule has 2 rings (SSSR count). The third-order valence-corrected chi connectivity index (χ3v) is 4.05. The fraction of sp³-hybridized carbons (Fsp3) is 0.143. The van der Waals surface area contributed by atoms with Crippen LogP contribution in [0.1, 0.15) is 26.5 Å². The third kappa shape index (κ3) is 3.59. The minimum Gasteiger partial charge on any atom is -0.478 e. The molecule has 0 spiro atoms. The summed E-state index contributed by atoms with van der Waals surface area (Å²) in [6.07, 6.45) is 1.41. The molecule has 0 bridgehead atoms. The lowest BCUT2D eigenvalue weighted by Crippen LogP contribution is -2.02. The second-order valence-electron chi connectivity index (χ2n) is 4.00. The zero-order valence-corrected chi connectivity index (χ0v) is 12.5. The molecule has 0 saturated heterocycles. The number of carboxylic acids is 1. The van der Waals surface area contributed by atoms with Gasteiger partial charge in [-0.2, -0.15) is 0 Å². The molecule has 0 amide bonds. The lowest BCUT2D eigenvalue weighted by Gasteiger charge is -2.04. The topological polar surface area (TPSA) is 76.7 Å². The summed E-state index contributed by atoms with van der Waals surface area (Å²) in [4.78, 5) is 23.2. The van der Waals surface area contributed by atoms with Crippen LogP contribution in [0, 0.1) is 0 Å². The van der Waals surface area contributed by atoms with Crippen molar-refractivity contribution in [3.8, 4) is 0 Å². The molecule has 0 atom stereocenters. The molecule has 0 aliphatic carbocycles. The smallest absolute Gasteiger partial charge is 0.374 e. The average Bonchev–Trinajstić information content (AvgIpc) is 2.93. The van der Waals surface area contributed by atoms with Gasteiger partial charge in [0.15, 0.2) is 0 Å². The number of hydrogen-bond acceptors (Lipinski definition) is 5. The zero-order chi connectivity index (χ0) is 15.4. The Kier molecular flexibility index (Phi) is 4.93. The highest BCUT2D eigenvalue weighted by atomic mass is 35.5. The van der Waals surface area contributed by atoms with E-state index in [4.69, 9.17) is 21.1 Å². The summed E-state index contributed by atoms with van der Waals surface area (Å²) in [7, 11) is 1.28. The molecular weight excluding hydrogens is 316 g/mol. The largest absolute Gasteiger partial charge is 0.478 e. The predicted molar refractivity (Wildman–Crippen MR) is 78.0 cm³/mol. The van der Waals surface area contributed by atoms with E-state index in [0.717, 1.165) is 4.90 Å². The molecule has 1 N–H and O–H groups in total. The van der Waals surface area contributed by atoms with Crippen molar-refractivity contribution >= 4 is 35.3 Å². The molecule has 0 aliphatic heterocycles. The highest BCUT2D eigenvalue weighted by Crippen LogP contribution is 2.28. The van der Waals surface area contributed by atoms with Crippen LogP contribution in [-0.4, -0.2) is 24.2 Å². The number of carbonyl (C=O) groups excluding carboxylic acids is 1. The standard InChI is InChI=1S/C14H11ClO5S/c1-19-14(18)12-8(4-5-20-12)7-21-9-2-3-11(15)10(6-9)13(16)17/h2-6H,7H2,1H3,(H,16,17). The van der Waals surface area contributed by atoms with Crippen LogP contribution >= 0.6 is 23.4 Å². The molecule has 1 heterocycles. The number of carboxylic acid groups (broad SMARTS) is 1. The van der Waals surface area contributed by atoms with E-state index in [9.17, 15) is 9.59 Å². The predicted octanol–water partition coefficient (Wildman–Crippen LogP) is 3.71. The van der Waals surface area contributed by atoms with E-state index in [1.54, 1.807) is 12.1 Å². The quantitative estimate of drug-likeness (QED) is 0.666. The highest BCUT2D eigenvalue weighted by molar-refractivity contribution is 7.98. The Morgan fingerprint density at radius 2 is 2.14 bits per heavy atom. The van der Waals surface area contributed by atoms with Crippen LogP contribution in [-0.2, 0) is 10.5 Å². The Balaban J connectivity index is 2.14. The monoisotopic (exact) mass is 326 g/mol. The van der Waals surface area contributed by atoms with Gasteiger partial charge in [0.2, 0.25) is 5.76 Å². The van der Waals surface area contributed by atoms with Crippen molar-refractivity contribution < 1.29 is 23.8 Å². The lowest BCUT2D eigenvalue weighted by molar-refractivity contribution is 0.0563. The van der Waals surface area contributed by atoms with E-state index in [0.29, 0.717) is 11.3 Å². The van der Waals surface area contributed by atoms with Gasteiger partial charge in [0.05, 0.1) is 24.0 Å². The molecular formula is C14H11ClO5S. The van der Waals surface area contributed by atoms with E-state index in [1.165, 1.54) is 37.3 Å². The summed E-state index contributed by atoms with van der Waals surface area (Å²) in [5, 5.41) is 9.21. The molecule has 5 nitrogen and oxygen atoms in total. The van der Waals surface area contributed by atoms with Crippen LogP contribution in [0.15, 0.2) is 39.8 Å². The van der Waals surface area contributed by atoms with Crippen molar-refractivity contribution in [3.05, 3.63) is 52.4 Å². The van der Waals surface area contributed by atoms with Gasteiger partial charge < -0.3 is 14.3 Å². The first-order chi connectivity index (χ1) is 10.0. The summed E-state index contributed by atoms with van der Waals surface area (Å²) in [6, 6.07) is 6.42. The van der Waals surface area contributed by atoms with Crippen molar-refractivity contribution in [3.63, 3.8) is 0 Å². The summed E-state index contributed by atoms with van der Waals surface area (Å²) < 4.78 is 9.70. The van der Waals surface area contributed by atoms with Gasteiger partial charge in [-0.1, -0.05) is 11.6 Å². The van der Waals surface area contributed by atoms with E-state index in [2.05, 4.69) is 4.74 Å². The number of esters is 1. The Bertz CT molecular complexity index is 680. The maximum absolute atomic E-state index is 11.5. The molecule has 1 aromatic heterocycles. The van der Waals surface area contributed by atoms with Gasteiger partial charge in [-0.05, 0) is 24.3 Å². The fourth-order valence-electron chi connectivity index (χ4n) is 1.64. The van der Waals surface area contributed by atoms with Gasteiger partial charge in [0, 0.05) is 16.2 Å². The molecule has 0 radical (unpaired) electrons. The third-order valence-electron chi connectivity index (χ3n) is 2.68. The number of halogens is 1. The van der Waals surface area contributed by atoms with Crippen LogP contribution < -0.4 is 0 Å². The van der Waals surface area contributed by atoms with E-state index in [1.807, 2.05) is 0 Å². The number of rotatable bonds is 5. The number of methoxy groups -OCH3 is 1. The van der Waals surface area contributed by atoms with Crippen molar-refractivity contribution in [2.45, 2.75) is 10.6 Å². The van der Waals surface area contributed by atoms with Crippen LogP contribution in [0.2, 0.25) is 5.02 Å². The molecule has 2 aromatic rings. The van der Waals surface area contributed by atoms with Crippen LogP contribution in [0.25, 0.3) is 0 Å². The Hall–Kier alpha value is -1.92.